The van der Waals surface area contributed by atoms with Crippen molar-refractivity contribution in [1.29, 1.82) is 0 Å². The first kappa shape index (κ1) is 13.5. The van der Waals surface area contributed by atoms with E-state index in [1.807, 2.05) is 4.68 Å². The van der Waals surface area contributed by atoms with Crippen LogP contribution in [0.15, 0.2) is 0 Å². The van der Waals surface area contributed by atoms with Crippen LogP contribution in [0.1, 0.15) is 58.8 Å². The van der Waals surface area contributed by atoms with Gasteiger partial charge in [0.15, 0.2) is 5.82 Å². The molecule has 1 aliphatic rings. The van der Waals surface area contributed by atoms with E-state index in [1.54, 1.807) is 0 Å². The summed E-state index contributed by atoms with van der Waals surface area (Å²) >= 11 is 0. The minimum Gasteiger partial charge on any atom is -0.307 e. The molecule has 5 heteroatoms. The lowest BCUT2D eigenvalue weighted by molar-refractivity contribution is 0.122. The monoisotopic (exact) mass is 251 g/mol. The summed E-state index contributed by atoms with van der Waals surface area (Å²) in [5.74, 6) is 1.60. The lowest BCUT2D eigenvalue weighted by Crippen LogP contribution is -2.33. The topological polar surface area (TPSA) is 55.6 Å². The highest BCUT2D eigenvalue weighted by Crippen LogP contribution is 2.41. The van der Waals surface area contributed by atoms with Gasteiger partial charge in [0.05, 0.1) is 12.6 Å². The summed E-state index contributed by atoms with van der Waals surface area (Å²) in [6.45, 7) is 10.8. The van der Waals surface area contributed by atoms with Crippen molar-refractivity contribution < 1.29 is 0 Å². The molecule has 1 aromatic heterocycles. The standard InChI is InChI=1S/C13H25N5/c1-10(2)8-14-11(3)12-15-16-17-18(12)9-13(4)6-5-7-13/h10-11,14H,5-9H2,1-4H3. The van der Waals surface area contributed by atoms with E-state index in [0.29, 0.717) is 11.3 Å². The lowest BCUT2D eigenvalue weighted by Gasteiger charge is -2.38. The molecule has 1 saturated carbocycles. The van der Waals surface area contributed by atoms with E-state index in [4.69, 9.17) is 0 Å². The van der Waals surface area contributed by atoms with E-state index in [1.165, 1.54) is 19.3 Å². The van der Waals surface area contributed by atoms with Gasteiger partial charge in [0.1, 0.15) is 0 Å². The highest BCUT2D eigenvalue weighted by Gasteiger charge is 2.33. The maximum absolute atomic E-state index is 4.18. The Hall–Kier alpha value is -0.970. The van der Waals surface area contributed by atoms with Crippen LogP contribution < -0.4 is 5.32 Å². The molecule has 1 aliphatic carbocycles. The van der Waals surface area contributed by atoms with Gasteiger partial charge in [0.25, 0.3) is 0 Å². The van der Waals surface area contributed by atoms with Gasteiger partial charge in [-0.05, 0) is 48.1 Å². The second-order valence-electron chi connectivity index (χ2n) is 6.38. The van der Waals surface area contributed by atoms with Crippen LogP contribution in [0.2, 0.25) is 0 Å². The molecule has 18 heavy (non-hydrogen) atoms. The Morgan fingerprint density at radius 1 is 1.33 bits per heavy atom. The van der Waals surface area contributed by atoms with E-state index < -0.39 is 0 Å². The van der Waals surface area contributed by atoms with Crippen LogP contribution >= 0.6 is 0 Å². The van der Waals surface area contributed by atoms with Crippen molar-refractivity contribution in [3.05, 3.63) is 5.82 Å². The molecule has 1 fully saturated rings. The van der Waals surface area contributed by atoms with Gasteiger partial charge in [-0.2, -0.15) is 0 Å². The molecule has 0 amide bonds. The van der Waals surface area contributed by atoms with Gasteiger partial charge in [-0.3, -0.25) is 0 Å². The minimum atomic E-state index is 0.214. The highest BCUT2D eigenvalue weighted by atomic mass is 15.5. The van der Waals surface area contributed by atoms with E-state index in [2.05, 4.69) is 48.5 Å². The zero-order valence-corrected chi connectivity index (χ0v) is 12.0. The number of tetrazole rings is 1. The fraction of sp³-hybridized carbons (Fsp3) is 0.923. The largest absolute Gasteiger partial charge is 0.307 e. The van der Waals surface area contributed by atoms with Crippen molar-refractivity contribution >= 4 is 0 Å². The van der Waals surface area contributed by atoms with Gasteiger partial charge in [-0.25, -0.2) is 4.68 Å². The molecule has 1 N–H and O–H groups in total. The Balaban J connectivity index is 1.98. The van der Waals surface area contributed by atoms with Crippen molar-refractivity contribution in [3.8, 4) is 0 Å². The molecule has 1 atom stereocenters. The van der Waals surface area contributed by atoms with Crippen LogP contribution in [0.5, 0.6) is 0 Å². The Bertz CT molecular complexity index is 380. The fourth-order valence-corrected chi connectivity index (χ4v) is 2.44. The van der Waals surface area contributed by atoms with Crippen molar-refractivity contribution in [1.82, 2.24) is 25.5 Å². The molecule has 2 rings (SSSR count). The first-order valence-electron chi connectivity index (χ1n) is 7.00. The average molecular weight is 251 g/mol. The number of aromatic nitrogens is 4. The van der Waals surface area contributed by atoms with Crippen molar-refractivity contribution in [2.75, 3.05) is 6.54 Å². The highest BCUT2D eigenvalue weighted by molar-refractivity contribution is 4.93. The van der Waals surface area contributed by atoms with E-state index in [9.17, 15) is 0 Å². The summed E-state index contributed by atoms with van der Waals surface area (Å²) in [6.07, 6.45) is 3.93. The summed E-state index contributed by atoms with van der Waals surface area (Å²) in [6, 6.07) is 0.214. The number of nitrogens with one attached hydrogen (secondary N) is 1. The maximum Gasteiger partial charge on any atom is 0.167 e. The third kappa shape index (κ3) is 3.07. The van der Waals surface area contributed by atoms with Crippen LogP contribution in [0.3, 0.4) is 0 Å². The number of hydrogen-bond donors (Lipinski definition) is 1. The van der Waals surface area contributed by atoms with Gasteiger partial charge in [0.2, 0.25) is 0 Å². The summed E-state index contributed by atoms with van der Waals surface area (Å²) in [7, 11) is 0. The molecule has 0 bridgehead atoms. The summed E-state index contributed by atoms with van der Waals surface area (Å²) < 4.78 is 1.98. The number of hydrogen-bond acceptors (Lipinski definition) is 4. The Morgan fingerprint density at radius 2 is 2.06 bits per heavy atom. The normalized spacial score (nSPS) is 19.8. The molecule has 0 spiro atoms. The van der Waals surface area contributed by atoms with E-state index in [0.717, 1.165) is 18.9 Å². The zero-order valence-electron chi connectivity index (χ0n) is 12.0. The van der Waals surface area contributed by atoms with Crippen LogP contribution in [0.4, 0.5) is 0 Å². The first-order chi connectivity index (χ1) is 8.50. The van der Waals surface area contributed by atoms with Gasteiger partial charge in [0, 0.05) is 0 Å². The van der Waals surface area contributed by atoms with E-state index >= 15 is 0 Å². The molecule has 102 valence electrons. The van der Waals surface area contributed by atoms with Crippen LogP contribution in [0, 0.1) is 11.3 Å². The summed E-state index contributed by atoms with van der Waals surface area (Å²) in [5, 5.41) is 15.6. The molecule has 0 aromatic carbocycles. The minimum absolute atomic E-state index is 0.214. The third-order valence-corrected chi connectivity index (χ3v) is 3.87. The quantitative estimate of drug-likeness (QED) is 0.842. The van der Waals surface area contributed by atoms with Crippen molar-refractivity contribution in [3.63, 3.8) is 0 Å². The Labute approximate surface area is 109 Å². The average Bonchev–Trinajstić information content (AvgIpc) is 2.71. The maximum atomic E-state index is 4.18. The second kappa shape index (κ2) is 5.34. The van der Waals surface area contributed by atoms with Gasteiger partial charge in [-0.15, -0.1) is 5.10 Å². The zero-order chi connectivity index (χ0) is 13.2. The number of rotatable bonds is 6. The molecular formula is C13H25N5. The smallest absolute Gasteiger partial charge is 0.167 e. The Kier molecular flexibility index (Phi) is 4.00. The molecule has 0 radical (unpaired) electrons. The summed E-state index contributed by atoms with van der Waals surface area (Å²) in [5.41, 5.74) is 0.405. The fourth-order valence-electron chi connectivity index (χ4n) is 2.44. The lowest BCUT2D eigenvalue weighted by atomic mass is 9.70. The SMILES string of the molecule is CC(C)CNC(C)c1nnnn1CC1(C)CCC1. The van der Waals surface area contributed by atoms with Crippen molar-refractivity contribution in [2.45, 2.75) is 59.5 Å². The van der Waals surface area contributed by atoms with Crippen LogP contribution in [0.25, 0.3) is 0 Å². The predicted molar refractivity (Wildman–Crippen MR) is 71.0 cm³/mol. The second-order valence-corrected chi connectivity index (χ2v) is 6.38. The molecule has 1 aromatic rings. The van der Waals surface area contributed by atoms with Crippen LogP contribution in [-0.4, -0.2) is 26.8 Å². The van der Waals surface area contributed by atoms with Crippen molar-refractivity contribution in [2.24, 2.45) is 11.3 Å². The first-order valence-corrected chi connectivity index (χ1v) is 7.00. The third-order valence-electron chi connectivity index (χ3n) is 3.87. The number of nitrogens with zero attached hydrogens (tertiary/aromatic N) is 4. The summed E-state index contributed by atoms with van der Waals surface area (Å²) in [4.78, 5) is 0. The molecule has 0 aliphatic heterocycles. The molecule has 1 heterocycles. The van der Waals surface area contributed by atoms with Gasteiger partial charge in [-0.1, -0.05) is 27.2 Å². The predicted octanol–water partition coefficient (Wildman–Crippen LogP) is 2.17. The molecular weight excluding hydrogens is 226 g/mol. The molecule has 5 nitrogen and oxygen atoms in total. The van der Waals surface area contributed by atoms with Crippen LogP contribution in [-0.2, 0) is 6.54 Å². The molecule has 1 unspecified atom stereocenters. The van der Waals surface area contributed by atoms with E-state index in [-0.39, 0.29) is 6.04 Å². The molecule has 0 saturated heterocycles. The Morgan fingerprint density at radius 3 is 2.61 bits per heavy atom. The van der Waals surface area contributed by atoms with Gasteiger partial charge >= 0.3 is 0 Å². The van der Waals surface area contributed by atoms with Gasteiger partial charge < -0.3 is 5.32 Å².